The standard InChI is InChI=1S/C11H13ClN2/c1-8(13)2-7-11(14)9-3-5-10(12)6-4-9/h2-7H,13-14H2,1H3/b8-2-,11-7-. The van der Waals surface area contributed by atoms with Crippen molar-refractivity contribution in [1.29, 1.82) is 0 Å². The van der Waals surface area contributed by atoms with Gasteiger partial charge in [0.15, 0.2) is 0 Å². The van der Waals surface area contributed by atoms with Gasteiger partial charge >= 0.3 is 0 Å². The van der Waals surface area contributed by atoms with Gasteiger partial charge in [-0.05, 0) is 36.8 Å². The van der Waals surface area contributed by atoms with Crippen molar-refractivity contribution in [2.45, 2.75) is 6.92 Å². The van der Waals surface area contributed by atoms with Crippen LogP contribution in [0.4, 0.5) is 0 Å². The van der Waals surface area contributed by atoms with Crippen LogP contribution < -0.4 is 11.5 Å². The zero-order valence-corrected chi connectivity index (χ0v) is 8.75. The molecule has 0 saturated carbocycles. The highest BCUT2D eigenvalue weighted by molar-refractivity contribution is 6.30. The summed E-state index contributed by atoms with van der Waals surface area (Å²) in [6.45, 7) is 1.81. The fourth-order valence-corrected chi connectivity index (χ4v) is 1.09. The monoisotopic (exact) mass is 208 g/mol. The Morgan fingerprint density at radius 1 is 1.14 bits per heavy atom. The van der Waals surface area contributed by atoms with Crippen molar-refractivity contribution < 1.29 is 0 Å². The van der Waals surface area contributed by atoms with Gasteiger partial charge in [-0.1, -0.05) is 23.7 Å². The van der Waals surface area contributed by atoms with Crippen molar-refractivity contribution >= 4 is 17.3 Å². The van der Waals surface area contributed by atoms with E-state index in [1.54, 1.807) is 24.3 Å². The minimum atomic E-state index is 0.673. The highest BCUT2D eigenvalue weighted by atomic mass is 35.5. The zero-order chi connectivity index (χ0) is 10.6. The molecule has 0 radical (unpaired) electrons. The average molecular weight is 209 g/mol. The van der Waals surface area contributed by atoms with Crippen LogP contribution in [0.5, 0.6) is 0 Å². The van der Waals surface area contributed by atoms with Crippen LogP contribution in [0.3, 0.4) is 0 Å². The van der Waals surface area contributed by atoms with E-state index in [0.29, 0.717) is 10.7 Å². The first-order valence-corrected chi connectivity index (χ1v) is 4.63. The van der Waals surface area contributed by atoms with E-state index in [1.807, 2.05) is 19.1 Å². The van der Waals surface area contributed by atoms with Crippen molar-refractivity contribution in [3.05, 3.63) is 52.7 Å². The maximum Gasteiger partial charge on any atom is 0.0406 e. The highest BCUT2D eigenvalue weighted by Crippen LogP contribution is 2.13. The smallest absolute Gasteiger partial charge is 0.0406 e. The van der Waals surface area contributed by atoms with E-state index in [9.17, 15) is 0 Å². The minimum absolute atomic E-state index is 0.673. The fourth-order valence-electron chi connectivity index (χ4n) is 0.960. The van der Waals surface area contributed by atoms with E-state index in [1.165, 1.54) is 0 Å². The lowest BCUT2D eigenvalue weighted by Gasteiger charge is -2.00. The molecular formula is C11H13ClN2. The Bertz CT molecular complexity index is 359. The second-order valence-electron chi connectivity index (χ2n) is 3.04. The van der Waals surface area contributed by atoms with Crippen LogP contribution in [-0.2, 0) is 0 Å². The second kappa shape index (κ2) is 4.72. The van der Waals surface area contributed by atoms with Crippen molar-refractivity contribution in [1.82, 2.24) is 0 Å². The number of rotatable bonds is 2. The van der Waals surface area contributed by atoms with Gasteiger partial charge in [0.25, 0.3) is 0 Å². The van der Waals surface area contributed by atoms with Crippen LogP contribution in [0.15, 0.2) is 42.1 Å². The van der Waals surface area contributed by atoms with E-state index in [-0.39, 0.29) is 0 Å². The maximum atomic E-state index is 5.81. The van der Waals surface area contributed by atoms with Gasteiger partial charge in [-0.3, -0.25) is 0 Å². The molecule has 0 aliphatic rings. The van der Waals surface area contributed by atoms with Gasteiger partial charge in [-0.25, -0.2) is 0 Å². The number of benzene rings is 1. The Morgan fingerprint density at radius 2 is 1.71 bits per heavy atom. The molecule has 0 aliphatic heterocycles. The first-order valence-electron chi connectivity index (χ1n) is 4.25. The number of hydrogen-bond donors (Lipinski definition) is 2. The largest absolute Gasteiger partial charge is 0.402 e. The molecule has 1 rings (SSSR count). The van der Waals surface area contributed by atoms with Gasteiger partial charge in [-0.2, -0.15) is 0 Å². The predicted octanol–water partition coefficient (Wildman–Crippen LogP) is 2.50. The summed E-state index contributed by atoms with van der Waals surface area (Å²) in [5.74, 6) is 0. The van der Waals surface area contributed by atoms with Crippen LogP contribution in [0, 0.1) is 0 Å². The lowest BCUT2D eigenvalue weighted by molar-refractivity contribution is 1.31. The van der Waals surface area contributed by atoms with E-state index in [2.05, 4.69) is 0 Å². The number of hydrogen-bond acceptors (Lipinski definition) is 2. The topological polar surface area (TPSA) is 52.0 Å². The molecule has 1 aromatic carbocycles. The quantitative estimate of drug-likeness (QED) is 0.734. The molecule has 0 bridgehead atoms. The third-order valence-corrected chi connectivity index (χ3v) is 1.96. The van der Waals surface area contributed by atoms with Crippen LogP contribution in [0.2, 0.25) is 5.02 Å². The van der Waals surface area contributed by atoms with Crippen LogP contribution in [0.1, 0.15) is 12.5 Å². The summed E-state index contributed by atoms with van der Waals surface area (Å²) in [5, 5.41) is 0.701. The lowest BCUT2D eigenvalue weighted by Crippen LogP contribution is -1.96. The molecule has 0 heterocycles. The van der Waals surface area contributed by atoms with Crippen LogP contribution in [0.25, 0.3) is 5.70 Å². The number of allylic oxidation sites excluding steroid dienone is 3. The Kier molecular flexibility index (Phi) is 3.60. The molecule has 74 valence electrons. The van der Waals surface area contributed by atoms with E-state index in [0.717, 1.165) is 11.3 Å². The third-order valence-electron chi connectivity index (χ3n) is 1.70. The third kappa shape index (κ3) is 3.15. The molecule has 0 saturated heterocycles. The van der Waals surface area contributed by atoms with E-state index >= 15 is 0 Å². The molecule has 0 aromatic heterocycles. The van der Waals surface area contributed by atoms with E-state index < -0.39 is 0 Å². The summed E-state index contributed by atoms with van der Waals surface area (Å²) in [7, 11) is 0. The molecule has 0 spiro atoms. The molecule has 3 heteroatoms. The van der Waals surface area contributed by atoms with Gasteiger partial charge in [0.1, 0.15) is 0 Å². The lowest BCUT2D eigenvalue weighted by atomic mass is 10.1. The van der Waals surface area contributed by atoms with E-state index in [4.69, 9.17) is 23.1 Å². The second-order valence-corrected chi connectivity index (χ2v) is 3.48. The Hall–Kier alpha value is -1.41. The molecule has 0 amide bonds. The highest BCUT2D eigenvalue weighted by Gasteiger charge is 1.94. The molecule has 0 aliphatic carbocycles. The molecular weight excluding hydrogens is 196 g/mol. The summed E-state index contributed by atoms with van der Waals surface area (Å²) in [6, 6.07) is 7.34. The maximum absolute atomic E-state index is 5.81. The number of nitrogens with two attached hydrogens (primary N) is 2. The number of halogens is 1. The molecule has 2 nitrogen and oxygen atoms in total. The normalized spacial score (nSPS) is 13.0. The Labute approximate surface area is 88.9 Å². The summed E-state index contributed by atoms with van der Waals surface area (Å²) in [5.41, 5.74) is 13.6. The Balaban J connectivity index is 2.89. The minimum Gasteiger partial charge on any atom is -0.402 e. The molecule has 14 heavy (non-hydrogen) atoms. The molecule has 4 N–H and O–H groups in total. The zero-order valence-electron chi connectivity index (χ0n) is 8.00. The summed E-state index contributed by atoms with van der Waals surface area (Å²) < 4.78 is 0. The van der Waals surface area contributed by atoms with Gasteiger partial charge in [0.2, 0.25) is 0 Å². The van der Waals surface area contributed by atoms with Crippen molar-refractivity contribution in [2.24, 2.45) is 11.5 Å². The summed E-state index contributed by atoms with van der Waals surface area (Å²) in [6.07, 6.45) is 3.54. The summed E-state index contributed by atoms with van der Waals surface area (Å²) in [4.78, 5) is 0. The van der Waals surface area contributed by atoms with Gasteiger partial charge in [-0.15, -0.1) is 0 Å². The molecule has 0 unspecified atom stereocenters. The molecule has 0 fully saturated rings. The summed E-state index contributed by atoms with van der Waals surface area (Å²) >= 11 is 5.75. The fraction of sp³-hybridized carbons (Fsp3) is 0.0909. The van der Waals surface area contributed by atoms with Gasteiger partial charge < -0.3 is 11.5 Å². The first-order chi connectivity index (χ1) is 6.59. The van der Waals surface area contributed by atoms with Gasteiger partial charge in [0, 0.05) is 16.4 Å². The van der Waals surface area contributed by atoms with Crippen LogP contribution >= 0.6 is 11.6 Å². The van der Waals surface area contributed by atoms with Crippen molar-refractivity contribution in [3.63, 3.8) is 0 Å². The molecule has 1 aromatic rings. The van der Waals surface area contributed by atoms with Crippen molar-refractivity contribution in [3.8, 4) is 0 Å². The van der Waals surface area contributed by atoms with Crippen LogP contribution in [-0.4, -0.2) is 0 Å². The Morgan fingerprint density at radius 3 is 2.21 bits per heavy atom. The van der Waals surface area contributed by atoms with Crippen molar-refractivity contribution in [2.75, 3.05) is 0 Å². The predicted molar refractivity (Wildman–Crippen MR) is 61.6 cm³/mol. The first kappa shape index (κ1) is 10.7. The molecule has 0 atom stereocenters. The average Bonchev–Trinajstić information content (AvgIpc) is 2.15. The SMILES string of the molecule is C/C(N)=C/C=C(\N)c1ccc(Cl)cc1. The van der Waals surface area contributed by atoms with Gasteiger partial charge in [0.05, 0.1) is 0 Å².